The Morgan fingerprint density at radius 3 is 2.57 bits per heavy atom. The van der Waals surface area contributed by atoms with Crippen molar-refractivity contribution in [3.8, 4) is 6.07 Å². The molecule has 74 valence electrons. The molecular formula is C11H14N2O. The van der Waals surface area contributed by atoms with Crippen molar-refractivity contribution in [2.24, 2.45) is 5.73 Å². The van der Waals surface area contributed by atoms with E-state index in [4.69, 9.17) is 11.0 Å². The molecule has 0 aliphatic carbocycles. The van der Waals surface area contributed by atoms with Gasteiger partial charge in [-0.3, -0.25) is 0 Å². The highest BCUT2D eigenvalue weighted by Crippen LogP contribution is 2.17. The van der Waals surface area contributed by atoms with Crippen molar-refractivity contribution < 1.29 is 5.11 Å². The Balaban J connectivity index is 3.10. The number of nitrogens with two attached hydrogens (primary N) is 1. The van der Waals surface area contributed by atoms with Crippen LogP contribution in [-0.2, 0) is 0 Å². The molecule has 3 nitrogen and oxygen atoms in total. The van der Waals surface area contributed by atoms with Crippen molar-refractivity contribution in [1.29, 1.82) is 5.26 Å². The summed E-state index contributed by atoms with van der Waals surface area (Å²) < 4.78 is 0. The first-order valence-corrected chi connectivity index (χ1v) is 4.50. The van der Waals surface area contributed by atoms with E-state index in [9.17, 15) is 5.11 Å². The number of nitriles is 1. The first-order chi connectivity index (χ1) is 6.54. The third-order valence-corrected chi connectivity index (χ3v) is 2.13. The number of hydrogen-bond acceptors (Lipinski definition) is 3. The Morgan fingerprint density at radius 1 is 1.43 bits per heavy atom. The standard InChI is InChI=1S/C11H14N2O/c1-7-3-9(6-12)5-10(4-7)11(13)8(2)14/h3-5,8,11,14H,13H2,1-2H3/t8?,11-/m1/s1. The zero-order valence-corrected chi connectivity index (χ0v) is 8.36. The van der Waals surface area contributed by atoms with Gasteiger partial charge in [-0.25, -0.2) is 0 Å². The van der Waals surface area contributed by atoms with Crippen LogP contribution in [0.3, 0.4) is 0 Å². The Hall–Kier alpha value is -1.37. The molecule has 0 aromatic heterocycles. The van der Waals surface area contributed by atoms with Crippen LogP contribution < -0.4 is 5.73 Å². The van der Waals surface area contributed by atoms with Crippen LogP contribution in [0.2, 0.25) is 0 Å². The molecule has 14 heavy (non-hydrogen) atoms. The number of aryl methyl sites for hydroxylation is 1. The summed E-state index contributed by atoms with van der Waals surface area (Å²) in [5, 5.41) is 18.1. The van der Waals surface area contributed by atoms with Gasteiger partial charge >= 0.3 is 0 Å². The maximum atomic E-state index is 9.32. The summed E-state index contributed by atoms with van der Waals surface area (Å²) in [4.78, 5) is 0. The molecule has 1 unspecified atom stereocenters. The summed E-state index contributed by atoms with van der Waals surface area (Å²) in [5.41, 5.74) is 8.13. The first-order valence-electron chi connectivity index (χ1n) is 4.50. The molecule has 0 bridgehead atoms. The van der Waals surface area contributed by atoms with Crippen LogP contribution in [0.4, 0.5) is 0 Å². The second-order valence-electron chi connectivity index (χ2n) is 3.51. The number of benzene rings is 1. The van der Waals surface area contributed by atoms with Crippen molar-refractivity contribution in [3.63, 3.8) is 0 Å². The lowest BCUT2D eigenvalue weighted by Gasteiger charge is -2.15. The Kier molecular flexibility index (Phi) is 3.23. The smallest absolute Gasteiger partial charge is 0.0991 e. The lowest BCUT2D eigenvalue weighted by atomic mass is 9.99. The van der Waals surface area contributed by atoms with Crippen LogP contribution in [0.1, 0.15) is 29.7 Å². The molecule has 0 saturated heterocycles. The van der Waals surface area contributed by atoms with Crippen LogP contribution >= 0.6 is 0 Å². The Morgan fingerprint density at radius 2 is 2.07 bits per heavy atom. The summed E-state index contributed by atoms with van der Waals surface area (Å²) in [5.74, 6) is 0. The van der Waals surface area contributed by atoms with Crippen LogP contribution in [0, 0.1) is 18.3 Å². The van der Waals surface area contributed by atoms with E-state index in [2.05, 4.69) is 6.07 Å². The minimum atomic E-state index is -0.608. The summed E-state index contributed by atoms with van der Waals surface area (Å²) in [7, 11) is 0. The highest BCUT2D eigenvalue weighted by atomic mass is 16.3. The molecule has 1 aromatic rings. The van der Waals surface area contributed by atoms with Crippen LogP contribution in [0.25, 0.3) is 0 Å². The van der Waals surface area contributed by atoms with Crippen LogP contribution in [-0.4, -0.2) is 11.2 Å². The van der Waals surface area contributed by atoms with Crippen molar-refractivity contribution in [2.45, 2.75) is 26.0 Å². The van der Waals surface area contributed by atoms with Crippen molar-refractivity contribution in [1.82, 2.24) is 0 Å². The molecule has 0 amide bonds. The van der Waals surface area contributed by atoms with Crippen molar-refractivity contribution >= 4 is 0 Å². The molecule has 0 aliphatic rings. The molecule has 1 rings (SSSR count). The fourth-order valence-electron chi connectivity index (χ4n) is 1.35. The number of aliphatic hydroxyl groups is 1. The third-order valence-electron chi connectivity index (χ3n) is 2.13. The molecule has 0 spiro atoms. The molecule has 3 heteroatoms. The van der Waals surface area contributed by atoms with E-state index in [0.29, 0.717) is 5.56 Å². The van der Waals surface area contributed by atoms with E-state index in [1.807, 2.05) is 13.0 Å². The number of hydrogen-bond donors (Lipinski definition) is 2. The van der Waals surface area contributed by atoms with E-state index < -0.39 is 12.1 Å². The Labute approximate surface area is 83.8 Å². The molecule has 0 heterocycles. The topological polar surface area (TPSA) is 70.0 Å². The number of aliphatic hydroxyl groups excluding tert-OH is 1. The zero-order chi connectivity index (χ0) is 10.7. The van der Waals surface area contributed by atoms with Gasteiger partial charge in [-0.1, -0.05) is 6.07 Å². The van der Waals surface area contributed by atoms with Gasteiger partial charge in [0, 0.05) is 0 Å². The van der Waals surface area contributed by atoms with Gasteiger partial charge in [0.15, 0.2) is 0 Å². The van der Waals surface area contributed by atoms with Gasteiger partial charge in [0.25, 0.3) is 0 Å². The Bertz CT molecular complexity index is 366. The van der Waals surface area contributed by atoms with Gasteiger partial charge < -0.3 is 10.8 Å². The summed E-state index contributed by atoms with van der Waals surface area (Å²) in [6, 6.07) is 7.03. The number of nitrogens with zero attached hydrogens (tertiary/aromatic N) is 1. The maximum absolute atomic E-state index is 9.32. The largest absolute Gasteiger partial charge is 0.391 e. The highest BCUT2D eigenvalue weighted by molar-refractivity contribution is 5.38. The average molecular weight is 190 g/mol. The molecule has 0 fully saturated rings. The summed E-state index contributed by atoms with van der Waals surface area (Å²) in [6.07, 6.45) is -0.608. The van der Waals surface area contributed by atoms with Gasteiger partial charge in [-0.15, -0.1) is 0 Å². The van der Waals surface area contributed by atoms with E-state index in [1.165, 1.54) is 0 Å². The minimum Gasteiger partial charge on any atom is -0.391 e. The average Bonchev–Trinajstić information content (AvgIpc) is 2.15. The van der Waals surface area contributed by atoms with Gasteiger partial charge in [0.2, 0.25) is 0 Å². The SMILES string of the molecule is Cc1cc(C#N)cc([C@H](N)C(C)O)c1. The highest BCUT2D eigenvalue weighted by Gasteiger charge is 2.12. The predicted octanol–water partition coefficient (Wildman–Crippen LogP) is 1.25. The molecule has 3 N–H and O–H groups in total. The minimum absolute atomic E-state index is 0.429. The van der Waals surface area contributed by atoms with E-state index in [0.717, 1.165) is 11.1 Å². The number of rotatable bonds is 2. The summed E-state index contributed by atoms with van der Waals surface area (Å²) in [6.45, 7) is 3.54. The van der Waals surface area contributed by atoms with Crippen LogP contribution in [0.5, 0.6) is 0 Å². The molecule has 0 saturated carbocycles. The molecule has 0 radical (unpaired) electrons. The van der Waals surface area contributed by atoms with E-state index >= 15 is 0 Å². The van der Waals surface area contributed by atoms with Gasteiger partial charge in [0.1, 0.15) is 0 Å². The van der Waals surface area contributed by atoms with Gasteiger partial charge in [-0.2, -0.15) is 5.26 Å². The van der Waals surface area contributed by atoms with Crippen molar-refractivity contribution in [2.75, 3.05) is 0 Å². The molecular weight excluding hydrogens is 176 g/mol. The lowest BCUT2D eigenvalue weighted by molar-refractivity contribution is 0.164. The quantitative estimate of drug-likeness (QED) is 0.737. The van der Waals surface area contributed by atoms with Gasteiger partial charge in [0.05, 0.1) is 23.8 Å². The van der Waals surface area contributed by atoms with Crippen molar-refractivity contribution in [3.05, 3.63) is 34.9 Å². The van der Waals surface area contributed by atoms with Gasteiger partial charge in [-0.05, 0) is 37.1 Å². The fourth-order valence-corrected chi connectivity index (χ4v) is 1.35. The monoisotopic (exact) mass is 190 g/mol. The lowest BCUT2D eigenvalue weighted by Crippen LogP contribution is -2.23. The maximum Gasteiger partial charge on any atom is 0.0991 e. The second kappa shape index (κ2) is 4.23. The third kappa shape index (κ3) is 2.32. The molecule has 1 aromatic carbocycles. The van der Waals surface area contributed by atoms with E-state index in [1.54, 1.807) is 19.1 Å². The first kappa shape index (κ1) is 10.7. The zero-order valence-electron chi connectivity index (χ0n) is 8.36. The molecule has 0 aliphatic heterocycles. The predicted molar refractivity (Wildman–Crippen MR) is 54.5 cm³/mol. The second-order valence-corrected chi connectivity index (χ2v) is 3.51. The fraction of sp³-hybridized carbons (Fsp3) is 0.364. The van der Waals surface area contributed by atoms with Crippen LogP contribution in [0.15, 0.2) is 18.2 Å². The summed E-state index contributed by atoms with van der Waals surface area (Å²) >= 11 is 0. The molecule has 2 atom stereocenters. The van der Waals surface area contributed by atoms with E-state index in [-0.39, 0.29) is 0 Å². The normalized spacial score (nSPS) is 14.5.